The number of piperidine rings is 1. The molecule has 0 saturated carbocycles. The Labute approximate surface area is 186 Å². The summed E-state index contributed by atoms with van der Waals surface area (Å²) in [5, 5.41) is 2.47. The second-order valence-corrected chi connectivity index (χ2v) is 10.8. The molecule has 1 heterocycles. The van der Waals surface area contributed by atoms with Crippen molar-refractivity contribution in [1.82, 2.24) is 14.9 Å². The van der Waals surface area contributed by atoms with Crippen LogP contribution in [0.5, 0.6) is 0 Å². The molecule has 14 heteroatoms. The summed E-state index contributed by atoms with van der Waals surface area (Å²) in [6, 6.07) is 1.54. The van der Waals surface area contributed by atoms with Crippen molar-refractivity contribution in [2.75, 3.05) is 26.2 Å². The Morgan fingerprint density at radius 3 is 2.15 bits per heavy atom. The van der Waals surface area contributed by atoms with E-state index in [0.717, 1.165) is 0 Å². The maximum atomic E-state index is 13.5. The number of nitrogens with one attached hydrogen (secondary N) is 2. The number of alkyl halides is 6. The predicted molar refractivity (Wildman–Crippen MR) is 105 cm³/mol. The molecule has 1 aromatic carbocycles. The average Bonchev–Trinajstić information content (AvgIpc) is 2.63. The molecule has 0 spiro atoms. The molecule has 0 bridgehead atoms. The number of hydrogen-bond donors (Lipinski definition) is 2. The van der Waals surface area contributed by atoms with Crippen LogP contribution in [0.1, 0.15) is 42.6 Å². The van der Waals surface area contributed by atoms with E-state index >= 15 is 0 Å². The van der Waals surface area contributed by atoms with Crippen LogP contribution in [0.15, 0.2) is 18.2 Å². The number of likely N-dealkylation sites (tertiary alicyclic amines) is 1. The van der Waals surface area contributed by atoms with Crippen molar-refractivity contribution in [1.29, 1.82) is 0 Å². The maximum Gasteiger partial charge on any atom is 0.470 e. The van der Waals surface area contributed by atoms with Gasteiger partial charge in [0.05, 0.1) is 10.3 Å². The van der Waals surface area contributed by atoms with Crippen LogP contribution in [0.3, 0.4) is 0 Å². The molecule has 1 aromatic rings. The van der Waals surface area contributed by atoms with Gasteiger partial charge < -0.3 is 10.2 Å². The fourth-order valence-corrected chi connectivity index (χ4v) is 4.42. The Morgan fingerprint density at radius 2 is 1.64 bits per heavy atom. The number of hydrogen-bond acceptors (Lipinski definition) is 4. The lowest BCUT2D eigenvalue weighted by atomic mass is 9.96. The number of halogens is 7. The first-order valence-electron chi connectivity index (χ1n) is 9.88. The molecule has 0 aliphatic carbocycles. The van der Waals surface area contributed by atoms with Crippen LogP contribution < -0.4 is 10.0 Å². The van der Waals surface area contributed by atoms with E-state index in [1.165, 1.54) is 13.8 Å². The Bertz CT molecular complexity index is 954. The molecular formula is C19H24F7N3O3S. The monoisotopic (exact) mass is 507 g/mol. The third kappa shape index (κ3) is 7.81. The first-order chi connectivity index (χ1) is 14.9. The maximum absolute atomic E-state index is 13.5. The van der Waals surface area contributed by atoms with E-state index < -0.39 is 50.1 Å². The molecule has 188 valence electrons. The quantitative estimate of drug-likeness (QED) is 0.438. The lowest BCUT2D eigenvalue weighted by Gasteiger charge is -2.37. The normalized spacial score (nSPS) is 17.2. The Balaban J connectivity index is 1.89. The summed E-state index contributed by atoms with van der Waals surface area (Å²) in [5.41, 5.74) is -1.75. The summed E-state index contributed by atoms with van der Waals surface area (Å²) < 4.78 is 112. The van der Waals surface area contributed by atoms with Crippen molar-refractivity contribution in [2.24, 2.45) is 5.92 Å². The van der Waals surface area contributed by atoms with Crippen LogP contribution in [0.2, 0.25) is 0 Å². The van der Waals surface area contributed by atoms with E-state index in [2.05, 4.69) is 5.32 Å². The highest BCUT2D eigenvalue weighted by molar-refractivity contribution is 7.90. The van der Waals surface area contributed by atoms with Crippen LogP contribution in [0, 0.1) is 11.7 Å². The Kier molecular flexibility index (Phi) is 8.06. The second-order valence-electron chi connectivity index (χ2n) is 8.52. The van der Waals surface area contributed by atoms with Gasteiger partial charge in [-0.1, -0.05) is 0 Å². The molecule has 0 aromatic heterocycles. The third-order valence-corrected chi connectivity index (χ3v) is 7.41. The molecule has 0 unspecified atom stereocenters. The number of benzene rings is 1. The lowest BCUT2D eigenvalue weighted by Crippen LogP contribution is -2.54. The molecular weight excluding hydrogens is 483 g/mol. The smallest absolute Gasteiger partial charge is 0.352 e. The third-order valence-electron chi connectivity index (χ3n) is 5.33. The van der Waals surface area contributed by atoms with Gasteiger partial charge in [-0.3, -0.25) is 4.79 Å². The average molecular weight is 507 g/mol. The van der Waals surface area contributed by atoms with Crippen molar-refractivity contribution in [3.8, 4) is 0 Å². The van der Waals surface area contributed by atoms with Gasteiger partial charge in [0.25, 0.3) is 5.91 Å². The Hall–Kier alpha value is -1.93. The highest BCUT2D eigenvalue weighted by Gasteiger charge is 2.44. The largest absolute Gasteiger partial charge is 0.470 e. The zero-order chi connectivity index (χ0) is 25.2. The molecule has 1 saturated heterocycles. The SMILES string of the molecule is CC(C)(CN1CCC(CNC(=O)c2cc(F)cc(C(F)(F)F)c2)CC1)S(=O)(=O)NC(F)(F)F. The van der Waals surface area contributed by atoms with E-state index in [0.29, 0.717) is 48.9 Å². The van der Waals surface area contributed by atoms with Gasteiger partial charge in [-0.15, -0.1) is 4.72 Å². The van der Waals surface area contributed by atoms with Crippen LogP contribution in [-0.4, -0.2) is 56.5 Å². The summed E-state index contributed by atoms with van der Waals surface area (Å²) in [7, 11) is -4.68. The molecule has 6 nitrogen and oxygen atoms in total. The number of amides is 1. The summed E-state index contributed by atoms with van der Waals surface area (Å²) in [4.78, 5) is 13.9. The molecule has 1 amide bonds. The number of nitrogens with zero attached hydrogens (tertiary/aromatic N) is 1. The fourth-order valence-electron chi connectivity index (χ4n) is 3.49. The molecule has 1 aliphatic heterocycles. The van der Waals surface area contributed by atoms with E-state index in [-0.39, 0.29) is 19.0 Å². The van der Waals surface area contributed by atoms with Crippen molar-refractivity contribution in [3.63, 3.8) is 0 Å². The predicted octanol–water partition coefficient (Wildman–Crippen LogP) is 3.50. The van der Waals surface area contributed by atoms with E-state index in [9.17, 15) is 43.9 Å². The zero-order valence-corrected chi connectivity index (χ0v) is 18.6. The Morgan fingerprint density at radius 1 is 1.06 bits per heavy atom. The summed E-state index contributed by atoms with van der Waals surface area (Å²) in [6.07, 6.45) is -8.94. The molecule has 1 aliphatic rings. The van der Waals surface area contributed by atoms with E-state index in [4.69, 9.17) is 0 Å². The van der Waals surface area contributed by atoms with E-state index in [1.54, 1.807) is 4.90 Å². The zero-order valence-electron chi connectivity index (χ0n) is 17.8. The highest BCUT2D eigenvalue weighted by atomic mass is 32.2. The van der Waals surface area contributed by atoms with Crippen molar-refractivity contribution in [2.45, 2.75) is 43.9 Å². The number of carbonyl (C=O) groups excluding carboxylic acids is 1. The van der Waals surface area contributed by atoms with E-state index in [1.807, 2.05) is 0 Å². The van der Waals surface area contributed by atoms with Gasteiger partial charge in [0.15, 0.2) is 0 Å². The number of carbonyl (C=O) groups is 1. The standard InChI is InChI=1S/C19H24F7N3O3S/c1-17(2,33(31,32)28-19(24,25)26)11-29-5-3-12(4-6-29)10-27-16(30)13-7-14(18(21,22)23)9-15(20)8-13/h7-9,12,28H,3-6,10-11H2,1-2H3,(H,27,30). The number of rotatable bonds is 7. The van der Waals surface area contributed by atoms with Crippen molar-refractivity contribution < 1.29 is 43.9 Å². The van der Waals surface area contributed by atoms with Crippen LogP contribution in [0.25, 0.3) is 0 Å². The molecule has 0 atom stereocenters. The minimum atomic E-state index is -5.08. The summed E-state index contributed by atoms with van der Waals surface area (Å²) in [5.74, 6) is -2.15. The lowest BCUT2D eigenvalue weighted by molar-refractivity contribution is -0.139. The first kappa shape index (κ1) is 27.3. The number of sulfonamides is 1. The molecule has 2 rings (SSSR count). The summed E-state index contributed by atoms with van der Waals surface area (Å²) >= 11 is 0. The second kappa shape index (κ2) is 9.74. The highest BCUT2D eigenvalue weighted by Crippen LogP contribution is 2.30. The van der Waals surface area contributed by atoms with Crippen molar-refractivity contribution in [3.05, 3.63) is 35.1 Å². The topological polar surface area (TPSA) is 78.5 Å². The van der Waals surface area contributed by atoms with Gasteiger partial charge >= 0.3 is 12.5 Å². The van der Waals surface area contributed by atoms with Gasteiger partial charge in [0.2, 0.25) is 10.0 Å². The van der Waals surface area contributed by atoms with Gasteiger partial charge in [-0.2, -0.15) is 26.3 Å². The van der Waals surface area contributed by atoms with Crippen LogP contribution >= 0.6 is 0 Å². The minimum Gasteiger partial charge on any atom is -0.352 e. The molecule has 1 fully saturated rings. The fraction of sp³-hybridized carbons (Fsp3) is 0.632. The van der Waals surface area contributed by atoms with Crippen molar-refractivity contribution >= 4 is 15.9 Å². The molecule has 2 N–H and O–H groups in total. The van der Waals surface area contributed by atoms with Gasteiger partial charge in [0, 0.05) is 18.7 Å². The molecule has 0 radical (unpaired) electrons. The van der Waals surface area contributed by atoms with Gasteiger partial charge in [0.1, 0.15) is 5.82 Å². The van der Waals surface area contributed by atoms with Crippen LogP contribution in [0.4, 0.5) is 30.7 Å². The van der Waals surface area contributed by atoms with Gasteiger partial charge in [-0.25, -0.2) is 12.8 Å². The first-order valence-corrected chi connectivity index (χ1v) is 11.4. The van der Waals surface area contributed by atoms with Crippen LogP contribution in [-0.2, 0) is 16.2 Å². The van der Waals surface area contributed by atoms with Gasteiger partial charge in [-0.05, 0) is 63.9 Å². The minimum absolute atomic E-state index is 0.0890. The molecule has 33 heavy (non-hydrogen) atoms. The summed E-state index contributed by atoms with van der Waals surface area (Å²) in [6.45, 7) is 3.01.